The number of benzene rings is 2. The number of aromatic nitrogens is 2. The Bertz CT molecular complexity index is 1260. The number of amides is 1. The van der Waals surface area contributed by atoms with E-state index in [1.54, 1.807) is 19.7 Å². The van der Waals surface area contributed by atoms with Crippen LogP contribution in [-0.2, 0) is 9.53 Å². The summed E-state index contributed by atoms with van der Waals surface area (Å²) >= 11 is 0. The number of carbonyl (C=O) groups is 1. The quantitative estimate of drug-likeness (QED) is 0.252. The molecule has 3 aromatic rings. The lowest BCUT2D eigenvalue weighted by Gasteiger charge is -2.35. The van der Waals surface area contributed by atoms with Crippen LogP contribution in [0.25, 0.3) is 22.3 Å². The molecule has 1 fully saturated rings. The molecule has 37 heavy (non-hydrogen) atoms. The Labute approximate surface area is 216 Å². The van der Waals surface area contributed by atoms with Gasteiger partial charge in [-0.25, -0.2) is 15.4 Å². The van der Waals surface area contributed by atoms with Crippen LogP contribution in [0.3, 0.4) is 0 Å². The Morgan fingerprint density at radius 2 is 1.92 bits per heavy atom. The fraction of sp³-hybridized carbons (Fsp3) is 0.444. The van der Waals surface area contributed by atoms with Gasteiger partial charge in [0.1, 0.15) is 23.1 Å². The van der Waals surface area contributed by atoms with Crippen LogP contribution in [-0.4, -0.2) is 67.7 Å². The fourth-order valence-electron chi connectivity index (χ4n) is 4.61. The van der Waals surface area contributed by atoms with Crippen molar-refractivity contribution in [2.24, 2.45) is 0 Å². The Morgan fingerprint density at radius 3 is 2.57 bits per heavy atom. The van der Waals surface area contributed by atoms with Crippen molar-refractivity contribution in [1.29, 1.82) is 0 Å². The number of methoxy groups -OCH3 is 2. The van der Waals surface area contributed by atoms with Gasteiger partial charge >= 0.3 is 0 Å². The lowest BCUT2D eigenvalue weighted by Crippen LogP contribution is -2.44. The molecular formula is C27H34N4O6. The second-order valence-electron chi connectivity index (χ2n) is 9.14. The van der Waals surface area contributed by atoms with Crippen LogP contribution < -0.4 is 24.6 Å². The number of ether oxygens (including phenoxy) is 4. The molecule has 0 bridgehead atoms. The molecule has 10 nitrogen and oxygen atoms in total. The molecule has 0 unspecified atom stereocenters. The Kier molecular flexibility index (Phi) is 8.30. The average Bonchev–Trinajstić information content (AvgIpc) is 2.90. The normalized spacial score (nSPS) is 15.5. The number of rotatable bonds is 9. The topological polar surface area (TPSA) is 115 Å². The predicted octanol–water partition coefficient (Wildman–Crippen LogP) is 3.82. The van der Waals surface area contributed by atoms with Gasteiger partial charge in [-0.15, -0.1) is 0 Å². The zero-order valence-corrected chi connectivity index (χ0v) is 22.0. The van der Waals surface area contributed by atoms with E-state index in [9.17, 15) is 4.79 Å². The van der Waals surface area contributed by atoms with Crippen molar-refractivity contribution in [1.82, 2.24) is 15.4 Å². The van der Waals surface area contributed by atoms with Crippen LogP contribution in [0.2, 0.25) is 0 Å². The standard InChI is InChI=1S/C27H34N4O6/c1-16-11-19(12-17(2)25(16)37-9-6-7-23(32)30-33)26-28-21-13-20(34-4)14-22(35-5)24(21)27(29-26)31-8-10-36-15-18(31)3/h11-14,18,33H,6-10,15H2,1-5H3,(H,30,32)/t18-/m1/s1. The fourth-order valence-corrected chi connectivity index (χ4v) is 4.61. The highest BCUT2D eigenvalue weighted by Crippen LogP contribution is 2.39. The van der Waals surface area contributed by atoms with Crippen LogP contribution in [0.15, 0.2) is 24.3 Å². The van der Waals surface area contributed by atoms with Gasteiger partial charge in [0.05, 0.1) is 51.0 Å². The van der Waals surface area contributed by atoms with E-state index in [0.717, 1.165) is 39.2 Å². The number of nitrogens with one attached hydrogen (secondary N) is 1. The van der Waals surface area contributed by atoms with Crippen LogP contribution in [0.1, 0.15) is 30.9 Å². The summed E-state index contributed by atoms with van der Waals surface area (Å²) in [6, 6.07) is 7.91. The van der Waals surface area contributed by atoms with Crippen molar-refractivity contribution in [3.63, 3.8) is 0 Å². The van der Waals surface area contributed by atoms with E-state index >= 15 is 0 Å². The van der Waals surface area contributed by atoms with E-state index < -0.39 is 5.91 Å². The first-order chi connectivity index (χ1) is 17.9. The van der Waals surface area contributed by atoms with Crippen molar-refractivity contribution >= 4 is 22.6 Å². The lowest BCUT2D eigenvalue weighted by molar-refractivity contribution is -0.129. The molecule has 2 heterocycles. The molecular weight excluding hydrogens is 476 g/mol. The minimum absolute atomic E-state index is 0.138. The summed E-state index contributed by atoms with van der Waals surface area (Å²) in [5, 5.41) is 9.48. The average molecular weight is 511 g/mol. The van der Waals surface area contributed by atoms with E-state index in [2.05, 4.69) is 11.8 Å². The van der Waals surface area contributed by atoms with Crippen molar-refractivity contribution < 1.29 is 28.9 Å². The molecule has 1 aliphatic rings. The molecule has 4 rings (SSSR count). The van der Waals surface area contributed by atoms with Gasteiger partial charge in [0, 0.05) is 30.7 Å². The van der Waals surface area contributed by atoms with Crippen molar-refractivity contribution in [3.8, 4) is 28.6 Å². The van der Waals surface area contributed by atoms with Crippen LogP contribution in [0.4, 0.5) is 5.82 Å². The first kappa shape index (κ1) is 26.4. The van der Waals surface area contributed by atoms with Crippen LogP contribution in [0.5, 0.6) is 17.2 Å². The number of anilines is 1. The number of nitrogens with zero attached hydrogens (tertiary/aromatic N) is 3. The molecule has 10 heteroatoms. The summed E-state index contributed by atoms with van der Waals surface area (Å²) in [7, 11) is 3.26. The third kappa shape index (κ3) is 5.70. The van der Waals surface area contributed by atoms with Gasteiger partial charge in [-0.05, 0) is 50.5 Å². The summed E-state index contributed by atoms with van der Waals surface area (Å²) in [6.07, 6.45) is 0.679. The number of fused-ring (bicyclic) bond motifs is 1. The predicted molar refractivity (Wildman–Crippen MR) is 140 cm³/mol. The Morgan fingerprint density at radius 1 is 1.16 bits per heavy atom. The van der Waals surface area contributed by atoms with E-state index in [1.807, 2.05) is 38.1 Å². The zero-order chi connectivity index (χ0) is 26.5. The summed E-state index contributed by atoms with van der Waals surface area (Å²) in [5.41, 5.74) is 5.11. The van der Waals surface area contributed by atoms with Gasteiger partial charge in [-0.1, -0.05) is 0 Å². The van der Waals surface area contributed by atoms with Crippen molar-refractivity contribution in [3.05, 3.63) is 35.4 Å². The van der Waals surface area contributed by atoms with Gasteiger partial charge in [0.25, 0.3) is 0 Å². The van der Waals surface area contributed by atoms with Gasteiger partial charge in [-0.3, -0.25) is 10.0 Å². The van der Waals surface area contributed by atoms with Gasteiger partial charge < -0.3 is 23.8 Å². The maximum atomic E-state index is 11.2. The number of carbonyl (C=O) groups excluding carboxylic acids is 1. The van der Waals surface area contributed by atoms with E-state index in [4.69, 9.17) is 34.1 Å². The minimum atomic E-state index is -0.431. The summed E-state index contributed by atoms with van der Waals surface area (Å²) < 4.78 is 22.9. The monoisotopic (exact) mass is 510 g/mol. The van der Waals surface area contributed by atoms with E-state index in [0.29, 0.717) is 50.1 Å². The number of hydroxylamine groups is 1. The molecule has 0 spiro atoms. The van der Waals surface area contributed by atoms with Gasteiger partial charge in [0.2, 0.25) is 5.91 Å². The van der Waals surface area contributed by atoms with Crippen LogP contribution in [0, 0.1) is 13.8 Å². The second kappa shape index (κ2) is 11.6. The van der Waals surface area contributed by atoms with E-state index in [1.165, 1.54) is 0 Å². The third-order valence-corrected chi connectivity index (χ3v) is 6.45. The molecule has 1 aromatic heterocycles. The highest BCUT2D eigenvalue weighted by atomic mass is 16.5. The number of hydrogen-bond acceptors (Lipinski definition) is 9. The van der Waals surface area contributed by atoms with Crippen molar-refractivity contribution in [2.75, 3.05) is 45.5 Å². The smallest absolute Gasteiger partial charge is 0.243 e. The summed E-state index contributed by atoms with van der Waals surface area (Å²) in [4.78, 5) is 23.5. The van der Waals surface area contributed by atoms with E-state index in [-0.39, 0.29) is 12.5 Å². The van der Waals surface area contributed by atoms with Gasteiger partial charge in [0.15, 0.2) is 5.82 Å². The Balaban J connectivity index is 1.76. The SMILES string of the molecule is COc1cc(OC)c2c(N3CCOC[C@H]3C)nc(-c3cc(C)c(OCCCC(=O)NO)c(C)c3)nc2c1. The lowest BCUT2D eigenvalue weighted by atomic mass is 10.0. The molecule has 2 aromatic carbocycles. The molecule has 0 aliphatic carbocycles. The molecule has 0 saturated carbocycles. The summed E-state index contributed by atoms with van der Waals surface area (Å²) in [6.45, 7) is 8.38. The minimum Gasteiger partial charge on any atom is -0.497 e. The van der Waals surface area contributed by atoms with Crippen LogP contribution >= 0.6 is 0 Å². The number of morpholine rings is 1. The molecule has 1 amide bonds. The molecule has 198 valence electrons. The molecule has 2 N–H and O–H groups in total. The number of aryl methyl sites for hydroxylation is 2. The molecule has 1 aliphatic heterocycles. The first-order valence-electron chi connectivity index (χ1n) is 12.3. The van der Waals surface area contributed by atoms with Crippen molar-refractivity contribution in [2.45, 2.75) is 39.7 Å². The summed E-state index contributed by atoms with van der Waals surface area (Å²) in [5.74, 6) is 3.03. The first-order valence-corrected chi connectivity index (χ1v) is 12.3. The second-order valence-corrected chi connectivity index (χ2v) is 9.14. The number of hydrogen-bond donors (Lipinski definition) is 2. The molecule has 1 atom stereocenters. The maximum Gasteiger partial charge on any atom is 0.243 e. The Hall–Kier alpha value is -3.63. The highest BCUT2D eigenvalue weighted by Gasteiger charge is 2.26. The third-order valence-electron chi connectivity index (χ3n) is 6.45. The maximum absolute atomic E-state index is 11.2. The highest BCUT2D eigenvalue weighted by molar-refractivity contribution is 5.97. The van der Waals surface area contributed by atoms with Gasteiger partial charge in [-0.2, -0.15) is 0 Å². The molecule has 1 saturated heterocycles. The molecule has 0 radical (unpaired) electrons. The largest absolute Gasteiger partial charge is 0.497 e. The zero-order valence-electron chi connectivity index (χ0n) is 22.0.